The predicted octanol–water partition coefficient (Wildman–Crippen LogP) is 4.54. The fourth-order valence-electron chi connectivity index (χ4n) is 8.61. The lowest BCUT2D eigenvalue weighted by Gasteiger charge is -2.61. The normalized spacial score (nSPS) is 58.8. The standard InChI is InChI=1S/C22H34O3/c1-19-9-10-22(23-11-12-24-22)13-15(19)3-4-16-17(19)5-7-20(2)18(16)6-8-21(20)14-25-21/h15-18H,3-14H2,1-2H3/t15-,16?,17?,18?,19-,20-,21+/m0/s1. The lowest BCUT2D eigenvalue weighted by Crippen LogP contribution is -2.56. The van der Waals surface area contributed by atoms with Gasteiger partial charge in [0.1, 0.15) is 0 Å². The van der Waals surface area contributed by atoms with Crippen molar-refractivity contribution < 1.29 is 14.2 Å². The molecule has 6 aliphatic rings. The highest BCUT2D eigenvalue weighted by Gasteiger charge is 2.70. The van der Waals surface area contributed by atoms with Crippen LogP contribution in [0.15, 0.2) is 0 Å². The molecule has 6 fully saturated rings. The van der Waals surface area contributed by atoms with E-state index in [0.717, 1.165) is 56.3 Å². The molecule has 0 bridgehead atoms. The predicted molar refractivity (Wildman–Crippen MR) is 95.0 cm³/mol. The van der Waals surface area contributed by atoms with Crippen LogP contribution in [0, 0.1) is 34.5 Å². The van der Waals surface area contributed by atoms with E-state index in [0.29, 0.717) is 16.4 Å². The van der Waals surface area contributed by atoms with E-state index in [1.165, 1.54) is 44.9 Å². The summed E-state index contributed by atoms with van der Waals surface area (Å²) in [5, 5.41) is 0. The van der Waals surface area contributed by atoms with Gasteiger partial charge in [0.05, 0.1) is 25.4 Å². The van der Waals surface area contributed by atoms with Crippen LogP contribution >= 0.6 is 0 Å². The van der Waals surface area contributed by atoms with E-state index in [-0.39, 0.29) is 5.79 Å². The van der Waals surface area contributed by atoms with Crippen molar-refractivity contribution in [2.24, 2.45) is 34.5 Å². The molecule has 0 radical (unpaired) electrons. The highest BCUT2D eigenvalue weighted by molar-refractivity contribution is 5.18. The first-order chi connectivity index (χ1) is 12.0. The summed E-state index contributed by atoms with van der Waals surface area (Å²) >= 11 is 0. The first-order valence-corrected chi connectivity index (χ1v) is 10.9. The molecule has 2 spiro atoms. The van der Waals surface area contributed by atoms with Crippen molar-refractivity contribution in [2.45, 2.75) is 83.0 Å². The summed E-state index contributed by atoms with van der Waals surface area (Å²) in [6, 6.07) is 0. The van der Waals surface area contributed by atoms with Crippen molar-refractivity contribution in [1.82, 2.24) is 0 Å². The highest BCUT2D eigenvalue weighted by atomic mass is 16.7. The van der Waals surface area contributed by atoms with Crippen LogP contribution in [0.25, 0.3) is 0 Å². The largest absolute Gasteiger partial charge is 0.369 e. The van der Waals surface area contributed by atoms with Crippen LogP contribution in [0.4, 0.5) is 0 Å². The van der Waals surface area contributed by atoms with Crippen LogP contribution in [0.3, 0.4) is 0 Å². The molecule has 2 heterocycles. The molecule has 25 heavy (non-hydrogen) atoms. The maximum atomic E-state index is 6.09. The fraction of sp³-hybridized carbons (Fsp3) is 1.00. The van der Waals surface area contributed by atoms with Crippen molar-refractivity contribution in [3.05, 3.63) is 0 Å². The molecule has 2 saturated heterocycles. The SMILES string of the molecule is C[C@]12CCC3C(CC[C@H]4CC5(CC[C@]34C)OCCO5)C1CC[C@@]21CO1. The van der Waals surface area contributed by atoms with E-state index < -0.39 is 0 Å². The third kappa shape index (κ3) is 1.88. The average Bonchev–Trinajstić information content (AvgIpc) is 3.18. The molecule has 4 saturated carbocycles. The number of ether oxygens (including phenoxy) is 3. The Labute approximate surface area is 152 Å². The Morgan fingerprint density at radius 1 is 0.760 bits per heavy atom. The van der Waals surface area contributed by atoms with Crippen LogP contribution in [0.5, 0.6) is 0 Å². The molecule has 3 heteroatoms. The maximum Gasteiger partial charge on any atom is 0.168 e. The lowest BCUT2D eigenvalue weighted by molar-refractivity contribution is -0.229. The summed E-state index contributed by atoms with van der Waals surface area (Å²) in [6.07, 6.45) is 12.0. The number of epoxide rings is 1. The molecule has 0 aromatic carbocycles. The smallest absolute Gasteiger partial charge is 0.168 e. The van der Waals surface area contributed by atoms with Gasteiger partial charge in [0.15, 0.2) is 5.79 Å². The summed E-state index contributed by atoms with van der Waals surface area (Å²) in [5.74, 6) is 3.39. The molecular weight excluding hydrogens is 312 g/mol. The molecule has 0 aromatic rings. The van der Waals surface area contributed by atoms with Crippen LogP contribution in [0.1, 0.15) is 71.6 Å². The van der Waals surface area contributed by atoms with Gasteiger partial charge in [-0.1, -0.05) is 13.8 Å². The minimum atomic E-state index is -0.209. The Balaban J connectivity index is 1.29. The quantitative estimate of drug-likeness (QED) is 0.603. The van der Waals surface area contributed by atoms with E-state index >= 15 is 0 Å². The van der Waals surface area contributed by atoms with E-state index in [1.807, 2.05) is 0 Å². The Bertz CT molecular complexity index is 578. The molecule has 0 amide bonds. The summed E-state index contributed by atoms with van der Waals surface area (Å²) in [6.45, 7) is 7.88. The molecule has 140 valence electrons. The van der Waals surface area contributed by atoms with Gasteiger partial charge >= 0.3 is 0 Å². The van der Waals surface area contributed by atoms with Crippen LogP contribution in [-0.2, 0) is 14.2 Å². The number of hydrogen-bond acceptors (Lipinski definition) is 3. The van der Waals surface area contributed by atoms with Crippen LogP contribution in [-0.4, -0.2) is 31.2 Å². The zero-order chi connectivity index (χ0) is 16.9. The first-order valence-electron chi connectivity index (χ1n) is 10.9. The monoisotopic (exact) mass is 346 g/mol. The number of rotatable bonds is 0. The van der Waals surface area contributed by atoms with E-state index in [4.69, 9.17) is 14.2 Å². The maximum absolute atomic E-state index is 6.09. The summed E-state index contributed by atoms with van der Waals surface area (Å²) < 4.78 is 18.3. The zero-order valence-corrected chi connectivity index (χ0v) is 16.0. The Kier molecular flexibility index (Phi) is 3.07. The third-order valence-electron chi connectivity index (χ3n) is 10.3. The molecule has 7 atom stereocenters. The highest BCUT2D eigenvalue weighted by Crippen LogP contribution is 2.71. The van der Waals surface area contributed by atoms with Crippen LogP contribution < -0.4 is 0 Å². The van der Waals surface area contributed by atoms with Crippen LogP contribution in [0.2, 0.25) is 0 Å². The topological polar surface area (TPSA) is 31.0 Å². The minimum Gasteiger partial charge on any atom is -0.369 e. The molecule has 6 rings (SSSR count). The van der Waals surface area contributed by atoms with Crippen molar-refractivity contribution in [3.63, 3.8) is 0 Å². The molecule has 0 aromatic heterocycles. The van der Waals surface area contributed by atoms with Crippen molar-refractivity contribution in [2.75, 3.05) is 19.8 Å². The average molecular weight is 347 g/mol. The number of hydrogen-bond donors (Lipinski definition) is 0. The van der Waals surface area contributed by atoms with Gasteiger partial charge in [-0.3, -0.25) is 0 Å². The van der Waals surface area contributed by atoms with Gasteiger partial charge in [0.25, 0.3) is 0 Å². The van der Waals surface area contributed by atoms with Gasteiger partial charge in [-0.2, -0.15) is 0 Å². The van der Waals surface area contributed by atoms with Gasteiger partial charge in [0.2, 0.25) is 0 Å². The van der Waals surface area contributed by atoms with Gasteiger partial charge in [0, 0.05) is 18.3 Å². The second-order valence-electron chi connectivity index (χ2n) is 10.7. The zero-order valence-electron chi connectivity index (χ0n) is 16.0. The second kappa shape index (κ2) is 4.83. The van der Waals surface area contributed by atoms with Crippen molar-refractivity contribution >= 4 is 0 Å². The first kappa shape index (κ1) is 15.9. The Hall–Kier alpha value is -0.120. The molecule has 0 N–H and O–H groups in total. The molecule has 4 aliphatic carbocycles. The number of fused-ring (bicyclic) bond motifs is 6. The van der Waals surface area contributed by atoms with E-state index in [1.54, 1.807) is 0 Å². The third-order valence-corrected chi connectivity index (χ3v) is 10.3. The minimum absolute atomic E-state index is 0.209. The van der Waals surface area contributed by atoms with E-state index in [9.17, 15) is 0 Å². The van der Waals surface area contributed by atoms with Gasteiger partial charge in [-0.15, -0.1) is 0 Å². The van der Waals surface area contributed by atoms with Gasteiger partial charge in [-0.25, -0.2) is 0 Å². The molecule has 3 unspecified atom stereocenters. The van der Waals surface area contributed by atoms with E-state index in [2.05, 4.69) is 13.8 Å². The van der Waals surface area contributed by atoms with Gasteiger partial charge < -0.3 is 14.2 Å². The van der Waals surface area contributed by atoms with Crippen molar-refractivity contribution in [3.8, 4) is 0 Å². The molecular formula is C22H34O3. The fourth-order valence-corrected chi connectivity index (χ4v) is 8.61. The lowest BCUT2D eigenvalue weighted by atomic mass is 9.44. The second-order valence-corrected chi connectivity index (χ2v) is 10.7. The summed E-state index contributed by atoms with van der Waals surface area (Å²) in [5.41, 5.74) is 1.29. The molecule has 2 aliphatic heterocycles. The molecule has 3 nitrogen and oxygen atoms in total. The Morgan fingerprint density at radius 2 is 1.52 bits per heavy atom. The van der Waals surface area contributed by atoms with Crippen molar-refractivity contribution in [1.29, 1.82) is 0 Å². The summed E-state index contributed by atoms with van der Waals surface area (Å²) in [7, 11) is 0. The Morgan fingerprint density at radius 3 is 2.28 bits per heavy atom. The summed E-state index contributed by atoms with van der Waals surface area (Å²) in [4.78, 5) is 0. The van der Waals surface area contributed by atoms with Gasteiger partial charge in [-0.05, 0) is 74.0 Å².